The fourth-order valence-corrected chi connectivity index (χ4v) is 2.47. The molecule has 0 unspecified atom stereocenters. The van der Waals surface area contributed by atoms with Crippen LogP contribution in [-0.4, -0.2) is 23.3 Å². The Bertz CT molecular complexity index is 619. The van der Waals surface area contributed by atoms with Gasteiger partial charge in [0.15, 0.2) is 0 Å². The van der Waals surface area contributed by atoms with Crippen LogP contribution in [0.1, 0.15) is 6.92 Å². The van der Waals surface area contributed by atoms with Gasteiger partial charge in [0.25, 0.3) is 5.91 Å². The van der Waals surface area contributed by atoms with Gasteiger partial charge in [-0.05, 0) is 25.1 Å². The Morgan fingerprint density at radius 1 is 1.26 bits per heavy atom. The molecule has 0 aliphatic carbocycles. The van der Waals surface area contributed by atoms with Crippen molar-refractivity contribution < 1.29 is 4.79 Å². The fraction of sp³-hybridized carbons (Fsp3) is 0.143. The Morgan fingerprint density at radius 3 is 2.74 bits per heavy atom. The summed E-state index contributed by atoms with van der Waals surface area (Å²) in [6.45, 7) is 2.38. The summed E-state index contributed by atoms with van der Waals surface area (Å²) in [5.74, 6) is 0.493. The van der Waals surface area contributed by atoms with Gasteiger partial charge < -0.3 is 0 Å². The van der Waals surface area contributed by atoms with Gasteiger partial charge in [0.2, 0.25) is 0 Å². The minimum absolute atomic E-state index is 0.145. The number of amides is 1. The molecule has 0 radical (unpaired) electrons. The van der Waals surface area contributed by atoms with Crippen molar-refractivity contribution in [2.75, 3.05) is 11.4 Å². The topological polar surface area (TPSA) is 35.9 Å². The van der Waals surface area contributed by atoms with E-state index in [0.717, 1.165) is 5.69 Å². The summed E-state index contributed by atoms with van der Waals surface area (Å²) < 4.78 is 0. The molecule has 19 heavy (non-hydrogen) atoms. The lowest BCUT2D eigenvalue weighted by Gasteiger charge is -2.34. The van der Waals surface area contributed by atoms with Crippen LogP contribution in [0.4, 0.5) is 5.69 Å². The first-order valence-corrected chi connectivity index (χ1v) is 6.35. The number of carbonyl (C=O) groups is 1. The quantitative estimate of drug-likeness (QED) is 0.789. The number of amidine groups is 1. The Labute approximate surface area is 116 Å². The van der Waals surface area contributed by atoms with E-state index in [9.17, 15) is 4.79 Å². The van der Waals surface area contributed by atoms with Crippen LogP contribution < -0.4 is 4.90 Å². The third-order valence-electron chi connectivity index (χ3n) is 3.04. The lowest BCUT2D eigenvalue weighted by atomic mass is 10.2. The van der Waals surface area contributed by atoms with E-state index < -0.39 is 0 Å². The molecule has 0 saturated heterocycles. The molecule has 2 aliphatic rings. The largest absolute Gasteiger partial charge is 0.283 e. The summed E-state index contributed by atoms with van der Waals surface area (Å²) in [5, 5.41) is 6.49. The van der Waals surface area contributed by atoms with E-state index in [-0.39, 0.29) is 5.91 Å². The number of anilines is 1. The number of allylic oxidation sites excluding steroid dienone is 2. The van der Waals surface area contributed by atoms with Crippen LogP contribution in [0.15, 0.2) is 58.3 Å². The van der Waals surface area contributed by atoms with Crippen LogP contribution in [0, 0.1) is 0 Å². The van der Waals surface area contributed by atoms with Crippen LogP contribution in [0.2, 0.25) is 0 Å². The maximum absolute atomic E-state index is 12.6. The summed E-state index contributed by atoms with van der Waals surface area (Å²) in [5.41, 5.74) is 1.22. The van der Waals surface area contributed by atoms with Gasteiger partial charge in [-0.15, -0.1) is 0 Å². The number of nitrogens with zero attached hydrogens (tertiary/aromatic N) is 3. The Morgan fingerprint density at radius 2 is 2.00 bits per heavy atom. The van der Waals surface area contributed by atoms with E-state index >= 15 is 0 Å². The van der Waals surface area contributed by atoms with Crippen molar-refractivity contribution in [2.24, 2.45) is 5.10 Å². The Balaban J connectivity index is 2.11. The second-order valence-corrected chi connectivity index (χ2v) is 4.71. The molecule has 0 bridgehead atoms. The number of fused-ring (bicyclic) bond motifs is 1. The zero-order chi connectivity index (χ0) is 13.4. The third kappa shape index (κ3) is 1.94. The van der Waals surface area contributed by atoms with Gasteiger partial charge in [-0.25, -0.2) is 0 Å². The minimum atomic E-state index is -0.145. The van der Waals surface area contributed by atoms with Gasteiger partial charge in [-0.1, -0.05) is 35.9 Å². The zero-order valence-corrected chi connectivity index (χ0v) is 11.1. The predicted molar refractivity (Wildman–Crippen MR) is 75.8 cm³/mol. The monoisotopic (exact) mass is 273 g/mol. The maximum atomic E-state index is 12.6. The van der Waals surface area contributed by atoms with Gasteiger partial charge in [-0.3, -0.25) is 14.7 Å². The van der Waals surface area contributed by atoms with E-state index in [2.05, 4.69) is 5.10 Å². The number of rotatable bonds is 1. The molecule has 0 saturated carbocycles. The molecule has 1 amide bonds. The summed E-state index contributed by atoms with van der Waals surface area (Å²) >= 11 is 6.12. The molecule has 0 fully saturated rings. The molecule has 1 aromatic rings. The van der Waals surface area contributed by atoms with Crippen molar-refractivity contribution in [2.45, 2.75) is 6.92 Å². The minimum Gasteiger partial charge on any atom is -0.266 e. The summed E-state index contributed by atoms with van der Waals surface area (Å²) in [6.07, 6.45) is 3.62. The average molecular weight is 274 g/mol. The molecular weight excluding hydrogens is 262 g/mol. The van der Waals surface area contributed by atoms with E-state index in [1.807, 2.05) is 43.3 Å². The molecule has 0 atom stereocenters. The fourth-order valence-electron chi connectivity index (χ4n) is 2.21. The molecule has 0 aromatic heterocycles. The van der Waals surface area contributed by atoms with Gasteiger partial charge in [0, 0.05) is 0 Å². The lowest BCUT2D eigenvalue weighted by Crippen LogP contribution is -2.46. The van der Waals surface area contributed by atoms with E-state index in [0.29, 0.717) is 23.1 Å². The highest BCUT2D eigenvalue weighted by Gasteiger charge is 2.33. The Hall–Kier alpha value is -2.07. The third-order valence-corrected chi connectivity index (χ3v) is 3.34. The van der Waals surface area contributed by atoms with Crippen LogP contribution in [0.5, 0.6) is 0 Å². The van der Waals surface area contributed by atoms with Crippen molar-refractivity contribution in [1.82, 2.24) is 5.01 Å². The lowest BCUT2D eigenvalue weighted by molar-refractivity contribution is -0.116. The van der Waals surface area contributed by atoms with Crippen LogP contribution in [0.25, 0.3) is 0 Å². The molecular formula is C14H12ClN3O. The van der Waals surface area contributed by atoms with E-state index in [1.165, 1.54) is 0 Å². The van der Waals surface area contributed by atoms with Crippen molar-refractivity contribution in [1.29, 1.82) is 0 Å². The number of hydrogen-bond donors (Lipinski definition) is 0. The highest BCUT2D eigenvalue weighted by Crippen LogP contribution is 2.29. The smallest absolute Gasteiger partial charge is 0.266 e. The van der Waals surface area contributed by atoms with Crippen molar-refractivity contribution in [3.63, 3.8) is 0 Å². The van der Waals surface area contributed by atoms with Crippen LogP contribution >= 0.6 is 11.6 Å². The van der Waals surface area contributed by atoms with Gasteiger partial charge in [0.1, 0.15) is 11.5 Å². The van der Waals surface area contributed by atoms with Gasteiger partial charge >= 0.3 is 0 Å². The number of halogens is 1. The second-order valence-electron chi connectivity index (χ2n) is 4.30. The average Bonchev–Trinajstić information content (AvgIpc) is 2.39. The summed E-state index contributed by atoms with van der Waals surface area (Å²) in [6, 6.07) is 9.43. The summed E-state index contributed by atoms with van der Waals surface area (Å²) in [4.78, 5) is 14.2. The first-order chi connectivity index (χ1) is 9.18. The molecule has 2 aliphatic heterocycles. The number of hydrazone groups is 1. The highest BCUT2D eigenvalue weighted by molar-refractivity contribution is 6.35. The van der Waals surface area contributed by atoms with E-state index in [4.69, 9.17) is 11.6 Å². The molecule has 3 rings (SSSR count). The number of carbonyl (C=O) groups excluding carboxylic acids is 1. The first kappa shape index (κ1) is 12.0. The number of benzene rings is 1. The van der Waals surface area contributed by atoms with Gasteiger partial charge in [-0.2, -0.15) is 5.10 Å². The highest BCUT2D eigenvalue weighted by atomic mass is 35.5. The number of para-hydroxylation sites is 1. The molecule has 4 nitrogen and oxygen atoms in total. The van der Waals surface area contributed by atoms with Gasteiger partial charge in [0.05, 0.1) is 17.3 Å². The molecule has 5 heteroatoms. The predicted octanol–water partition coefficient (Wildman–Crippen LogP) is 2.69. The van der Waals surface area contributed by atoms with E-state index in [1.54, 1.807) is 16.0 Å². The van der Waals surface area contributed by atoms with Crippen molar-refractivity contribution in [3.8, 4) is 0 Å². The first-order valence-electron chi connectivity index (χ1n) is 5.97. The Kier molecular flexibility index (Phi) is 2.87. The standard InChI is InChI=1S/C14H12ClN3O/c1-10-16-17-9-5-8-12(15)13(17)14(19)18(10)11-6-3-2-4-7-11/h2-8H,9H2,1H3. The maximum Gasteiger partial charge on any atom is 0.283 e. The normalized spacial score (nSPS) is 18.6. The number of hydrogen-bond acceptors (Lipinski definition) is 3. The molecule has 96 valence electrons. The second kappa shape index (κ2) is 4.55. The molecule has 0 N–H and O–H groups in total. The molecule has 2 heterocycles. The SMILES string of the molecule is CC1=NN2CC=CC(Cl)=C2C(=O)N1c1ccccc1. The summed E-state index contributed by atoms with van der Waals surface area (Å²) in [7, 11) is 0. The van der Waals surface area contributed by atoms with Crippen LogP contribution in [-0.2, 0) is 4.79 Å². The molecule has 0 spiro atoms. The zero-order valence-electron chi connectivity index (χ0n) is 10.4. The molecule has 1 aromatic carbocycles. The van der Waals surface area contributed by atoms with Crippen molar-refractivity contribution >= 4 is 29.0 Å². The van der Waals surface area contributed by atoms with Crippen molar-refractivity contribution in [3.05, 3.63) is 53.2 Å². The van der Waals surface area contributed by atoms with Crippen LogP contribution in [0.3, 0.4) is 0 Å².